The van der Waals surface area contributed by atoms with E-state index in [-0.39, 0.29) is 5.56 Å². The van der Waals surface area contributed by atoms with Crippen LogP contribution in [0.4, 0.5) is 0 Å². The highest BCUT2D eigenvalue weighted by Crippen LogP contribution is 2.39. The van der Waals surface area contributed by atoms with Crippen LogP contribution >= 0.6 is 23.2 Å². The van der Waals surface area contributed by atoms with E-state index in [1.54, 1.807) is 30.3 Å². The van der Waals surface area contributed by atoms with Gasteiger partial charge >= 0.3 is 5.97 Å². The standard InChI is InChI=1S/C14H10Cl2O3/c1-19-13-11(6-8(15)7-12(13)16)9-4-2-3-5-10(9)14(17)18/h2-7H,1H3,(H,17,18). The highest BCUT2D eigenvalue weighted by atomic mass is 35.5. The molecule has 0 radical (unpaired) electrons. The predicted molar refractivity (Wildman–Crippen MR) is 75.4 cm³/mol. The van der Waals surface area contributed by atoms with Crippen LogP contribution in [0.5, 0.6) is 5.75 Å². The van der Waals surface area contributed by atoms with E-state index in [0.717, 1.165) is 0 Å². The first-order chi connectivity index (χ1) is 9.04. The van der Waals surface area contributed by atoms with Crippen LogP contribution in [-0.4, -0.2) is 18.2 Å². The third kappa shape index (κ3) is 2.67. The van der Waals surface area contributed by atoms with Gasteiger partial charge < -0.3 is 9.84 Å². The molecule has 0 fully saturated rings. The van der Waals surface area contributed by atoms with Crippen molar-refractivity contribution < 1.29 is 14.6 Å². The molecule has 0 amide bonds. The minimum Gasteiger partial charge on any atom is -0.495 e. The van der Waals surface area contributed by atoms with Crippen molar-refractivity contribution in [2.75, 3.05) is 7.11 Å². The van der Waals surface area contributed by atoms with Gasteiger partial charge in [-0.25, -0.2) is 4.79 Å². The van der Waals surface area contributed by atoms with Crippen LogP contribution in [0, 0.1) is 0 Å². The Morgan fingerprint density at radius 1 is 1.16 bits per heavy atom. The molecule has 0 aliphatic heterocycles. The Morgan fingerprint density at radius 3 is 2.47 bits per heavy atom. The van der Waals surface area contributed by atoms with Crippen molar-refractivity contribution >= 4 is 29.2 Å². The molecule has 5 heteroatoms. The van der Waals surface area contributed by atoms with Gasteiger partial charge in [0.25, 0.3) is 0 Å². The van der Waals surface area contributed by atoms with Gasteiger partial charge in [-0.05, 0) is 23.8 Å². The molecule has 19 heavy (non-hydrogen) atoms. The Balaban J connectivity index is 2.75. The number of carbonyl (C=O) groups is 1. The summed E-state index contributed by atoms with van der Waals surface area (Å²) in [5.74, 6) is -0.617. The Kier molecular flexibility index (Phi) is 3.98. The molecule has 0 aliphatic carbocycles. The minimum absolute atomic E-state index is 0.166. The number of hydrogen-bond donors (Lipinski definition) is 1. The predicted octanol–water partition coefficient (Wildman–Crippen LogP) is 4.37. The van der Waals surface area contributed by atoms with Gasteiger partial charge in [0.1, 0.15) is 5.75 Å². The summed E-state index contributed by atoms with van der Waals surface area (Å²) < 4.78 is 5.24. The van der Waals surface area contributed by atoms with Gasteiger partial charge in [0.05, 0.1) is 17.7 Å². The van der Waals surface area contributed by atoms with Gasteiger partial charge in [-0.1, -0.05) is 41.4 Å². The molecule has 0 bridgehead atoms. The number of halogens is 2. The summed E-state index contributed by atoms with van der Waals surface area (Å²) in [5, 5.41) is 9.98. The Hall–Kier alpha value is -1.71. The highest BCUT2D eigenvalue weighted by Gasteiger charge is 2.17. The number of carboxylic acid groups (broad SMARTS) is 1. The molecule has 0 saturated heterocycles. The van der Waals surface area contributed by atoms with Crippen molar-refractivity contribution in [1.82, 2.24) is 0 Å². The molecular weight excluding hydrogens is 287 g/mol. The Morgan fingerprint density at radius 2 is 1.84 bits per heavy atom. The van der Waals surface area contributed by atoms with Gasteiger partial charge in [0.15, 0.2) is 0 Å². The second-order valence-corrected chi connectivity index (χ2v) is 4.66. The molecule has 2 aromatic carbocycles. The number of rotatable bonds is 3. The van der Waals surface area contributed by atoms with Crippen molar-refractivity contribution in [1.29, 1.82) is 0 Å². The summed E-state index contributed by atoms with van der Waals surface area (Å²) in [6.07, 6.45) is 0. The zero-order chi connectivity index (χ0) is 14.0. The topological polar surface area (TPSA) is 46.5 Å². The normalized spacial score (nSPS) is 10.3. The molecule has 0 saturated carbocycles. The highest BCUT2D eigenvalue weighted by molar-refractivity contribution is 6.36. The molecule has 0 heterocycles. The summed E-state index contributed by atoms with van der Waals surface area (Å²) in [4.78, 5) is 11.3. The number of ether oxygens (including phenoxy) is 1. The van der Waals surface area contributed by atoms with Crippen LogP contribution < -0.4 is 4.74 Å². The average molecular weight is 297 g/mol. The van der Waals surface area contributed by atoms with Crippen LogP contribution in [0.25, 0.3) is 11.1 Å². The molecule has 98 valence electrons. The van der Waals surface area contributed by atoms with E-state index in [0.29, 0.717) is 26.9 Å². The van der Waals surface area contributed by atoms with E-state index in [2.05, 4.69) is 0 Å². The minimum atomic E-state index is -1.02. The van der Waals surface area contributed by atoms with Crippen LogP contribution in [-0.2, 0) is 0 Å². The lowest BCUT2D eigenvalue weighted by Gasteiger charge is -2.13. The fraction of sp³-hybridized carbons (Fsp3) is 0.0714. The molecule has 0 aromatic heterocycles. The van der Waals surface area contributed by atoms with E-state index in [4.69, 9.17) is 27.9 Å². The zero-order valence-corrected chi connectivity index (χ0v) is 11.5. The van der Waals surface area contributed by atoms with Crippen molar-refractivity contribution in [3.63, 3.8) is 0 Å². The summed E-state index contributed by atoms with van der Waals surface area (Å²) in [7, 11) is 1.47. The summed E-state index contributed by atoms with van der Waals surface area (Å²) >= 11 is 12.0. The lowest BCUT2D eigenvalue weighted by molar-refractivity contribution is 0.0697. The third-order valence-corrected chi connectivity index (χ3v) is 3.16. The number of hydrogen-bond acceptors (Lipinski definition) is 2. The first kappa shape index (κ1) is 13.7. The Bertz CT molecular complexity index is 639. The lowest BCUT2D eigenvalue weighted by Crippen LogP contribution is -2.00. The SMILES string of the molecule is COc1c(Cl)cc(Cl)cc1-c1ccccc1C(=O)O. The van der Waals surface area contributed by atoms with Crippen LogP contribution in [0.1, 0.15) is 10.4 Å². The molecule has 2 rings (SSSR count). The molecule has 0 spiro atoms. The van der Waals surface area contributed by atoms with Gasteiger partial charge in [-0.2, -0.15) is 0 Å². The van der Waals surface area contributed by atoms with Gasteiger partial charge in [-0.15, -0.1) is 0 Å². The second-order valence-electron chi connectivity index (χ2n) is 3.82. The fourth-order valence-corrected chi connectivity index (χ4v) is 2.44. The van der Waals surface area contributed by atoms with Gasteiger partial charge in [0, 0.05) is 10.6 Å². The zero-order valence-electron chi connectivity index (χ0n) is 9.98. The Labute approximate surface area is 120 Å². The van der Waals surface area contributed by atoms with E-state index < -0.39 is 5.97 Å². The van der Waals surface area contributed by atoms with Crippen LogP contribution in [0.2, 0.25) is 10.0 Å². The first-order valence-corrected chi connectivity index (χ1v) is 6.16. The van der Waals surface area contributed by atoms with Crippen molar-refractivity contribution in [2.45, 2.75) is 0 Å². The first-order valence-electron chi connectivity index (χ1n) is 5.40. The third-order valence-electron chi connectivity index (χ3n) is 2.66. The van der Waals surface area contributed by atoms with Gasteiger partial charge in [-0.3, -0.25) is 0 Å². The molecule has 0 unspecified atom stereocenters. The maximum Gasteiger partial charge on any atom is 0.336 e. The van der Waals surface area contributed by atoms with E-state index in [9.17, 15) is 9.90 Å². The smallest absolute Gasteiger partial charge is 0.336 e. The maximum absolute atomic E-state index is 11.3. The van der Waals surface area contributed by atoms with Crippen LogP contribution in [0.3, 0.4) is 0 Å². The van der Waals surface area contributed by atoms with Gasteiger partial charge in [0.2, 0.25) is 0 Å². The second kappa shape index (κ2) is 5.51. The monoisotopic (exact) mass is 296 g/mol. The number of aromatic carboxylic acids is 1. The summed E-state index contributed by atoms with van der Waals surface area (Å²) in [6.45, 7) is 0. The quantitative estimate of drug-likeness (QED) is 0.915. The molecule has 0 atom stereocenters. The molecule has 0 aliphatic rings. The molecule has 1 N–H and O–H groups in total. The fourth-order valence-electron chi connectivity index (χ4n) is 1.87. The van der Waals surface area contributed by atoms with Crippen LogP contribution in [0.15, 0.2) is 36.4 Å². The molecule has 3 nitrogen and oxygen atoms in total. The van der Waals surface area contributed by atoms with E-state index in [1.165, 1.54) is 13.2 Å². The van der Waals surface area contributed by atoms with Crippen molar-refractivity contribution in [2.24, 2.45) is 0 Å². The number of benzene rings is 2. The van der Waals surface area contributed by atoms with Crippen molar-refractivity contribution in [3.8, 4) is 16.9 Å². The largest absolute Gasteiger partial charge is 0.495 e. The number of methoxy groups -OCH3 is 1. The molecular formula is C14H10Cl2O3. The lowest BCUT2D eigenvalue weighted by atomic mass is 9.99. The average Bonchev–Trinajstić information content (AvgIpc) is 2.37. The van der Waals surface area contributed by atoms with Crippen molar-refractivity contribution in [3.05, 3.63) is 52.0 Å². The summed E-state index contributed by atoms with van der Waals surface area (Å²) in [6, 6.07) is 9.80. The number of carboxylic acids is 1. The van der Waals surface area contributed by atoms with E-state index in [1.807, 2.05) is 0 Å². The van der Waals surface area contributed by atoms with E-state index >= 15 is 0 Å². The maximum atomic E-state index is 11.3. The molecule has 2 aromatic rings. The summed E-state index contributed by atoms with van der Waals surface area (Å²) in [5.41, 5.74) is 1.23.